The highest BCUT2D eigenvalue weighted by molar-refractivity contribution is 6.32. The van der Waals surface area contributed by atoms with E-state index in [9.17, 15) is 4.79 Å². The van der Waals surface area contributed by atoms with Crippen LogP contribution in [0.15, 0.2) is 12.1 Å². The van der Waals surface area contributed by atoms with E-state index in [0.717, 1.165) is 17.7 Å². The van der Waals surface area contributed by atoms with Crippen molar-refractivity contribution in [2.75, 3.05) is 25.6 Å². The van der Waals surface area contributed by atoms with E-state index >= 15 is 0 Å². The highest BCUT2D eigenvalue weighted by atomic mass is 35.5. The summed E-state index contributed by atoms with van der Waals surface area (Å²) in [4.78, 5) is 11.8. The molecule has 1 aromatic rings. The predicted molar refractivity (Wildman–Crippen MR) is 71.7 cm³/mol. The number of carbonyl (C=O) groups excluding carboxylic acids is 1. The maximum absolute atomic E-state index is 11.8. The van der Waals surface area contributed by atoms with Crippen LogP contribution in [0.3, 0.4) is 0 Å². The van der Waals surface area contributed by atoms with E-state index in [-0.39, 0.29) is 18.1 Å². The molecule has 2 atom stereocenters. The van der Waals surface area contributed by atoms with Crippen molar-refractivity contribution in [3.8, 4) is 5.75 Å². The molecule has 2 unspecified atom stereocenters. The van der Waals surface area contributed by atoms with Gasteiger partial charge < -0.3 is 20.1 Å². The summed E-state index contributed by atoms with van der Waals surface area (Å²) in [5, 5.41) is 6.29. The number of ether oxygens (including phenoxy) is 2. The Hall–Kier alpha value is -1.30. The van der Waals surface area contributed by atoms with Crippen molar-refractivity contribution in [2.45, 2.75) is 18.6 Å². The molecule has 6 heteroatoms. The molecule has 2 heterocycles. The Balaban J connectivity index is 1.88. The molecule has 0 aliphatic carbocycles. The molecule has 0 radical (unpaired) electrons. The predicted octanol–water partition coefficient (Wildman–Crippen LogP) is 1.72. The molecule has 0 saturated carbocycles. The molecule has 19 heavy (non-hydrogen) atoms. The minimum Gasteiger partial charge on any atom is -0.486 e. The van der Waals surface area contributed by atoms with Gasteiger partial charge in [-0.15, -0.1) is 0 Å². The first-order valence-corrected chi connectivity index (χ1v) is 6.63. The number of benzene rings is 1. The Kier molecular flexibility index (Phi) is 3.35. The number of likely N-dealkylation sites (N-methyl/N-ethyl adjacent to an activating group) is 1. The Morgan fingerprint density at radius 1 is 1.53 bits per heavy atom. The minimum atomic E-state index is -0.351. The molecule has 3 rings (SSSR count). The van der Waals surface area contributed by atoms with E-state index in [1.165, 1.54) is 0 Å². The van der Waals surface area contributed by atoms with Crippen LogP contribution < -0.4 is 15.4 Å². The van der Waals surface area contributed by atoms with Crippen LogP contribution in [0, 0.1) is 0 Å². The third-order valence-corrected chi connectivity index (χ3v) is 3.70. The van der Waals surface area contributed by atoms with Crippen molar-refractivity contribution in [1.82, 2.24) is 5.32 Å². The summed E-state index contributed by atoms with van der Waals surface area (Å²) in [5.41, 5.74) is 1.61. The van der Waals surface area contributed by atoms with Crippen molar-refractivity contribution < 1.29 is 14.3 Å². The molecule has 0 aromatic heterocycles. The second-order valence-electron chi connectivity index (χ2n) is 4.68. The number of rotatable bonds is 3. The molecule has 1 aromatic carbocycles. The van der Waals surface area contributed by atoms with E-state index in [1.54, 1.807) is 19.2 Å². The first-order chi connectivity index (χ1) is 9.19. The number of carbonyl (C=O) groups is 1. The summed E-state index contributed by atoms with van der Waals surface area (Å²) in [5.74, 6) is 0.517. The third-order valence-electron chi connectivity index (χ3n) is 3.41. The molecule has 0 spiro atoms. The van der Waals surface area contributed by atoms with Gasteiger partial charge in [0.25, 0.3) is 0 Å². The molecule has 2 aliphatic heterocycles. The van der Waals surface area contributed by atoms with Gasteiger partial charge in [-0.1, -0.05) is 11.6 Å². The van der Waals surface area contributed by atoms with Crippen LogP contribution in [0.5, 0.6) is 5.75 Å². The largest absolute Gasteiger partial charge is 0.486 e. The number of fused-ring (bicyclic) bond motifs is 1. The molecule has 2 aliphatic rings. The fourth-order valence-corrected chi connectivity index (χ4v) is 2.64. The summed E-state index contributed by atoms with van der Waals surface area (Å²) in [6.07, 6.45) is 0.895. The van der Waals surface area contributed by atoms with E-state index in [4.69, 9.17) is 21.1 Å². The van der Waals surface area contributed by atoms with Crippen molar-refractivity contribution >= 4 is 23.2 Å². The third kappa shape index (κ3) is 2.29. The number of hydrogen-bond acceptors (Lipinski definition) is 4. The Bertz CT molecular complexity index is 515. The lowest BCUT2D eigenvalue weighted by Crippen LogP contribution is -2.23. The van der Waals surface area contributed by atoms with Gasteiger partial charge in [0, 0.05) is 23.7 Å². The lowest BCUT2D eigenvalue weighted by atomic mass is 10.1. The van der Waals surface area contributed by atoms with Gasteiger partial charge in [-0.2, -0.15) is 0 Å². The van der Waals surface area contributed by atoms with Crippen molar-refractivity contribution in [3.63, 3.8) is 0 Å². The van der Waals surface area contributed by atoms with Crippen LogP contribution in [0.25, 0.3) is 0 Å². The Labute approximate surface area is 116 Å². The summed E-state index contributed by atoms with van der Waals surface area (Å²) in [6, 6.07) is 3.21. The average molecular weight is 283 g/mol. The Morgan fingerprint density at radius 3 is 3.05 bits per heavy atom. The summed E-state index contributed by atoms with van der Waals surface area (Å²) in [6.45, 7) is 1.30. The molecule has 2 N–H and O–H groups in total. The number of nitrogens with one attached hydrogen (secondary N) is 2. The lowest BCUT2D eigenvalue weighted by molar-refractivity contribution is -0.117. The molecular weight excluding hydrogens is 268 g/mol. The summed E-state index contributed by atoms with van der Waals surface area (Å²) in [7, 11) is 1.74. The Morgan fingerprint density at radius 2 is 2.37 bits per heavy atom. The van der Waals surface area contributed by atoms with Crippen LogP contribution >= 0.6 is 11.6 Å². The van der Waals surface area contributed by atoms with Gasteiger partial charge in [-0.25, -0.2) is 0 Å². The first kappa shape index (κ1) is 12.7. The lowest BCUT2D eigenvalue weighted by Gasteiger charge is -2.15. The van der Waals surface area contributed by atoms with Crippen LogP contribution in [-0.4, -0.2) is 32.3 Å². The second kappa shape index (κ2) is 5.00. The van der Waals surface area contributed by atoms with Crippen molar-refractivity contribution in [2.24, 2.45) is 0 Å². The second-order valence-corrected chi connectivity index (χ2v) is 5.09. The zero-order valence-electron chi connectivity index (χ0n) is 10.5. The fourth-order valence-electron chi connectivity index (χ4n) is 2.42. The molecular formula is C13H15ClN2O3. The van der Waals surface area contributed by atoms with Gasteiger partial charge in [0.1, 0.15) is 17.9 Å². The van der Waals surface area contributed by atoms with Gasteiger partial charge in [0.15, 0.2) is 0 Å². The normalized spacial score (nSPS) is 25.3. The molecule has 5 nitrogen and oxygen atoms in total. The fraction of sp³-hybridized carbons (Fsp3) is 0.462. The SMILES string of the molecule is CNC1C(=O)Nc2cc(OC3CCOC3)c(Cl)cc21. The van der Waals surface area contributed by atoms with Crippen LogP contribution in [0.2, 0.25) is 5.02 Å². The standard InChI is InChI=1S/C13H15ClN2O3/c1-15-12-8-4-9(14)11(5-10(8)16-13(12)17)19-7-2-3-18-6-7/h4-5,7,12,15H,2-3,6H2,1H3,(H,16,17). The smallest absolute Gasteiger partial charge is 0.246 e. The quantitative estimate of drug-likeness (QED) is 0.886. The number of amides is 1. The van der Waals surface area contributed by atoms with Crippen molar-refractivity contribution in [3.05, 3.63) is 22.7 Å². The number of hydrogen-bond donors (Lipinski definition) is 2. The zero-order chi connectivity index (χ0) is 13.4. The summed E-state index contributed by atoms with van der Waals surface area (Å²) < 4.78 is 11.1. The maximum Gasteiger partial charge on any atom is 0.246 e. The minimum absolute atomic E-state index is 0.0350. The topological polar surface area (TPSA) is 59.6 Å². The van der Waals surface area contributed by atoms with E-state index in [1.807, 2.05) is 0 Å². The zero-order valence-corrected chi connectivity index (χ0v) is 11.3. The average Bonchev–Trinajstić information content (AvgIpc) is 2.97. The van der Waals surface area contributed by atoms with E-state index < -0.39 is 0 Å². The van der Waals surface area contributed by atoms with Crippen molar-refractivity contribution in [1.29, 1.82) is 0 Å². The van der Waals surface area contributed by atoms with Gasteiger partial charge in [0.2, 0.25) is 5.91 Å². The van der Waals surface area contributed by atoms with Gasteiger partial charge >= 0.3 is 0 Å². The highest BCUT2D eigenvalue weighted by Crippen LogP contribution is 2.39. The number of halogens is 1. The van der Waals surface area contributed by atoms with Gasteiger partial charge in [-0.05, 0) is 13.1 Å². The van der Waals surface area contributed by atoms with Gasteiger partial charge in [0.05, 0.1) is 18.2 Å². The van der Waals surface area contributed by atoms with Crippen LogP contribution in [0.4, 0.5) is 5.69 Å². The van der Waals surface area contributed by atoms with Gasteiger partial charge in [-0.3, -0.25) is 4.79 Å². The highest BCUT2D eigenvalue weighted by Gasteiger charge is 2.31. The molecule has 1 saturated heterocycles. The first-order valence-electron chi connectivity index (χ1n) is 6.25. The maximum atomic E-state index is 11.8. The van der Waals surface area contributed by atoms with Crippen LogP contribution in [-0.2, 0) is 9.53 Å². The van der Waals surface area contributed by atoms with Crippen LogP contribution in [0.1, 0.15) is 18.0 Å². The molecule has 0 bridgehead atoms. The molecule has 1 fully saturated rings. The summed E-state index contributed by atoms with van der Waals surface area (Å²) >= 11 is 6.22. The molecule has 1 amide bonds. The monoisotopic (exact) mass is 282 g/mol. The number of anilines is 1. The molecule has 102 valence electrons. The van der Waals surface area contributed by atoms with E-state index in [0.29, 0.717) is 24.0 Å². The van der Waals surface area contributed by atoms with E-state index in [2.05, 4.69) is 10.6 Å².